The average Bonchev–Trinajstić information content (AvgIpc) is 2.93. The number of amides is 1. The molecule has 0 radical (unpaired) electrons. The second-order valence-electron chi connectivity index (χ2n) is 4.09. The maximum absolute atomic E-state index is 12.1. The second-order valence-corrected chi connectivity index (χ2v) is 5.12. The zero-order chi connectivity index (χ0) is 12.7. The average molecular weight is 263 g/mol. The highest BCUT2D eigenvalue weighted by atomic mass is 32.2. The van der Waals surface area contributed by atoms with Crippen molar-refractivity contribution in [2.24, 2.45) is 11.0 Å². The summed E-state index contributed by atoms with van der Waals surface area (Å²) in [7, 11) is 0. The molecule has 1 aromatic carbocycles. The molecule has 0 aliphatic carbocycles. The van der Waals surface area contributed by atoms with Gasteiger partial charge in [-0.25, -0.2) is 0 Å². The third-order valence-electron chi connectivity index (χ3n) is 2.96. The van der Waals surface area contributed by atoms with Crippen LogP contribution in [-0.4, -0.2) is 28.0 Å². The van der Waals surface area contributed by atoms with Crippen LogP contribution >= 0.6 is 11.8 Å². The molecule has 1 aromatic rings. The van der Waals surface area contributed by atoms with Gasteiger partial charge >= 0.3 is 0 Å². The number of fused-ring (bicyclic) bond motifs is 1. The van der Waals surface area contributed by atoms with Gasteiger partial charge in [0.05, 0.1) is 22.2 Å². The molecular formula is C11H9N3O3S. The molecule has 1 saturated heterocycles. The first-order chi connectivity index (χ1) is 8.66. The largest absolute Gasteiger partial charge is 0.272 e. The van der Waals surface area contributed by atoms with E-state index in [9.17, 15) is 14.9 Å². The minimum Gasteiger partial charge on any atom is -0.272 e. The first-order valence-electron chi connectivity index (χ1n) is 5.40. The fraction of sp³-hybridized carbons (Fsp3) is 0.273. The molecule has 92 valence electrons. The topological polar surface area (TPSA) is 75.8 Å². The summed E-state index contributed by atoms with van der Waals surface area (Å²) in [4.78, 5) is 22.3. The van der Waals surface area contributed by atoms with Crippen molar-refractivity contribution in [3.05, 3.63) is 34.4 Å². The predicted molar refractivity (Wildman–Crippen MR) is 68.8 cm³/mol. The van der Waals surface area contributed by atoms with E-state index in [0.717, 1.165) is 17.2 Å². The third-order valence-corrected chi connectivity index (χ3v) is 4.03. The minimum atomic E-state index is -0.478. The Morgan fingerprint density at radius 3 is 3.06 bits per heavy atom. The van der Waals surface area contributed by atoms with Crippen molar-refractivity contribution in [3.8, 4) is 0 Å². The molecule has 3 rings (SSSR count). The standard InChI is InChI=1S/C11H9N3O3S/c15-11-9-5-18-6-10(9)12-13(11)7-2-1-3-8(4-7)14(16)17/h1-4,9H,5-6H2. The van der Waals surface area contributed by atoms with E-state index in [2.05, 4.69) is 5.10 Å². The summed E-state index contributed by atoms with van der Waals surface area (Å²) in [5, 5.41) is 16.3. The number of hydrazone groups is 1. The number of rotatable bonds is 2. The monoisotopic (exact) mass is 263 g/mol. The van der Waals surface area contributed by atoms with Crippen LogP contribution in [0.4, 0.5) is 11.4 Å². The highest BCUT2D eigenvalue weighted by molar-refractivity contribution is 8.00. The normalized spacial score (nSPS) is 22.0. The van der Waals surface area contributed by atoms with E-state index in [-0.39, 0.29) is 17.5 Å². The van der Waals surface area contributed by atoms with Gasteiger partial charge in [0.25, 0.3) is 11.6 Å². The molecule has 2 aliphatic rings. The Balaban J connectivity index is 1.96. The Morgan fingerprint density at radius 1 is 1.50 bits per heavy atom. The molecule has 6 nitrogen and oxygen atoms in total. The van der Waals surface area contributed by atoms with E-state index >= 15 is 0 Å². The first-order valence-corrected chi connectivity index (χ1v) is 6.56. The first kappa shape index (κ1) is 11.2. The molecule has 1 atom stereocenters. The summed E-state index contributed by atoms with van der Waals surface area (Å²) in [5.74, 6) is 1.29. The molecule has 0 aromatic heterocycles. The van der Waals surface area contributed by atoms with Crippen LogP contribution in [-0.2, 0) is 4.79 Å². The molecule has 1 unspecified atom stereocenters. The smallest absolute Gasteiger partial charge is 0.271 e. The number of nitro benzene ring substituents is 1. The molecular weight excluding hydrogens is 254 g/mol. The zero-order valence-corrected chi connectivity index (χ0v) is 10.1. The van der Waals surface area contributed by atoms with Crippen LogP contribution in [0.25, 0.3) is 0 Å². The lowest BCUT2D eigenvalue weighted by Gasteiger charge is -2.13. The van der Waals surface area contributed by atoms with Crippen molar-refractivity contribution in [1.82, 2.24) is 0 Å². The summed E-state index contributed by atoms with van der Waals surface area (Å²) in [6, 6.07) is 5.98. The van der Waals surface area contributed by atoms with Crippen molar-refractivity contribution in [3.63, 3.8) is 0 Å². The molecule has 0 spiro atoms. The van der Waals surface area contributed by atoms with Crippen molar-refractivity contribution < 1.29 is 9.72 Å². The highest BCUT2D eigenvalue weighted by Gasteiger charge is 2.40. The Hall–Kier alpha value is -1.89. The van der Waals surface area contributed by atoms with E-state index in [0.29, 0.717) is 5.69 Å². The number of nitro groups is 1. The van der Waals surface area contributed by atoms with Gasteiger partial charge in [0, 0.05) is 23.6 Å². The van der Waals surface area contributed by atoms with E-state index in [1.54, 1.807) is 23.9 Å². The number of thioether (sulfide) groups is 1. The van der Waals surface area contributed by atoms with Crippen molar-refractivity contribution in [1.29, 1.82) is 0 Å². The predicted octanol–water partition coefficient (Wildman–Crippen LogP) is 1.66. The fourth-order valence-electron chi connectivity index (χ4n) is 2.04. The van der Waals surface area contributed by atoms with Crippen LogP contribution in [0.5, 0.6) is 0 Å². The summed E-state index contributed by atoms with van der Waals surface area (Å²) >= 11 is 1.69. The number of non-ortho nitro benzene ring substituents is 1. The van der Waals surface area contributed by atoms with Crippen LogP contribution in [0.1, 0.15) is 0 Å². The van der Waals surface area contributed by atoms with Crippen molar-refractivity contribution in [2.45, 2.75) is 0 Å². The molecule has 18 heavy (non-hydrogen) atoms. The van der Waals surface area contributed by atoms with Crippen molar-refractivity contribution >= 4 is 34.8 Å². The summed E-state index contributed by atoms with van der Waals surface area (Å²) in [5.41, 5.74) is 1.30. The lowest BCUT2D eigenvalue weighted by molar-refractivity contribution is -0.384. The molecule has 1 amide bonds. The van der Waals surface area contributed by atoms with E-state index < -0.39 is 4.92 Å². The molecule has 1 fully saturated rings. The van der Waals surface area contributed by atoms with Gasteiger partial charge in [-0.05, 0) is 6.07 Å². The quantitative estimate of drug-likeness (QED) is 0.600. The van der Waals surface area contributed by atoms with Gasteiger partial charge < -0.3 is 0 Å². The SMILES string of the molecule is O=C1C2CSCC2=NN1c1cccc([N+](=O)[O-])c1. The van der Waals surface area contributed by atoms with Gasteiger partial charge in [0.15, 0.2) is 0 Å². The van der Waals surface area contributed by atoms with Gasteiger partial charge in [-0.3, -0.25) is 14.9 Å². The van der Waals surface area contributed by atoms with Crippen LogP contribution < -0.4 is 5.01 Å². The lowest BCUT2D eigenvalue weighted by Crippen LogP contribution is -2.27. The third kappa shape index (κ3) is 1.67. The number of nitrogens with zero attached hydrogens (tertiary/aromatic N) is 3. The number of anilines is 1. The minimum absolute atomic E-state index is 0.0352. The van der Waals surface area contributed by atoms with Gasteiger partial charge in [0.2, 0.25) is 0 Å². The number of hydrogen-bond donors (Lipinski definition) is 0. The lowest BCUT2D eigenvalue weighted by atomic mass is 10.1. The van der Waals surface area contributed by atoms with Gasteiger partial charge in [-0.2, -0.15) is 21.9 Å². The van der Waals surface area contributed by atoms with Crippen molar-refractivity contribution in [2.75, 3.05) is 16.5 Å². The molecule has 7 heteroatoms. The Kier molecular flexibility index (Phi) is 2.55. The molecule has 2 aliphatic heterocycles. The molecule has 0 saturated carbocycles. The zero-order valence-electron chi connectivity index (χ0n) is 9.28. The van der Waals surface area contributed by atoms with E-state index in [1.165, 1.54) is 17.1 Å². The maximum Gasteiger partial charge on any atom is 0.271 e. The molecule has 0 bridgehead atoms. The highest BCUT2D eigenvalue weighted by Crippen LogP contribution is 2.32. The van der Waals surface area contributed by atoms with Gasteiger partial charge in [-0.15, -0.1) is 0 Å². The number of benzene rings is 1. The van der Waals surface area contributed by atoms with Gasteiger partial charge in [0.1, 0.15) is 0 Å². The summed E-state index contributed by atoms with van der Waals surface area (Å²) in [6.45, 7) is 0. The fourth-order valence-corrected chi connectivity index (χ4v) is 3.20. The van der Waals surface area contributed by atoms with E-state index in [4.69, 9.17) is 0 Å². The molecule has 0 N–H and O–H groups in total. The van der Waals surface area contributed by atoms with Crippen LogP contribution in [0.3, 0.4) is 0 Å². The summed E-state index contributed by atoms with van der Waals surface area (Å²) < 4.78 is 0. The van der Waals surface area contributed by atoms with Crippen LogP contribution in [0.15, 0.2) is 29.4 Å². The second kappa shape index (κ2) is 4.09. The van der Waals surface area contributed by atoms with Crippen LogP contribution in [0.2, 0.25) is 0 Å². The maximum atomic E-state index is 12.1. The Morgan fingerprint density at radius 2 is 2.33 bits per heavy atom. The molecule has 2 heterocycles. The Bertz CT molecular complexity index is 572. The Labute approximate surface area is 107 Å². The van der Waals surface area contributed by atoms with Gasteiger partial charge in [-0.1, -0.05) is 6.07 Å². The van der Waals surface area contributed by atoms with E-state index in [1.807, 2.05) is 0 Å². The number of hydrogen-bond acceptors (Lipinski definition) is 5. The van der Waals surface area contributed by atoms with Crippen LogP contribution in [0, 0.1) is 16.0 Å². The summed E-state index contributed by atoms with van der Waals surface area (Å²) in [6.07, 6.45) is 0. The number of carbonyl (C=O) groups excluding carboxylic acids is 1. The number of carbonyl (C=O) groups is 1.